The standard InChI is InChI=1S/C30H33N3O/c1-3-4-12-24-27(23-13-8-5-9-20(23)2)25-18-21-10-6-7-11-22(21)19-26(25)29(28(24)30(31)34)33-16-14-32-15-17-33/h5-11,13,18-19,32H,3-4,12,14-17H2,1-2H3,(H2,31,34). The van der Waals surface area contributed by atoms with Gasteiger partial charge in [-0.2, -0.15) is 0 Å². The largest absolute Gasteiger partial charge is 0.368 e. The minimum Gasteiger partial charge on any atom is -0.368 e. The molecule has 0 radical (unpaired) electrons. The van der Waals surface area contributed by atoms with E-state index in [9.17, 15) is 4.79 Å². The van der Waals surface area contributed by atoms with Crippen LogP contribution in [0.1, 0.15) is 41.3 Å². The molecular weight excluding hydrogens is 418 g/mol. The number of hydrogen-bond donors (Lipinski definition) is 2. The molecule has 4 heteroatoms. The molecule has 3 N–H and O–H groups in total. The minimum absolute atomic E-state index is 0.329. The Kier molecular flexibility index (Phi) is 6.25. The summed E-state index contributed by atoms with van der Waals surface area (Å²) >= 11 is 0. The molecule has 0 atom stereocenters. The van der Waals surface area contributed by atoms with E-state index in [1.807, 2.05) is 0 Å². The second-order valence-corrected chi connectivity index (χ2v) is 9.34. The number of nitrogens with one attached hydrogen (secondary N) is 1. The lowest BCUT2D eigenvalue weighted by Gasteiger charge is -2.34. The molecule has 4 aromatic rings. The third-order valence-electron chi connectivity index (χ3n) is 7.13. The average molecular weight is 452 g/mol. The third-order valence-corrected chi connectivity index (χ3v) is 7.13. The van der Waals surface area contributed by atoms with Crippen LogP contribution < -0.4 is 16.0 Å². The molecule has 5 rings (SSSR count). The Morgan fingerprint density at radius 1 is 0.971 bits per heavy atom. The summed E-state index contributed by atoms with van der Waals surface area (Å²) in [5, 5.41) is 8.16. The second-order valence-electron chi connectivity index (χ2n) is 9.34. The number of amides is 1. The summed E-state index contributed by atoms with van der Waals surface area (Å²) in [5.41, 5.74) is 12.6. The molecule has 1 saturated heterocycles. The monoisotopic (exact) mass is 451 g/mol. The molecule has 0 aromatic heterocycles. The molecule has 174 valence electrons. The molecule has 0 aliphatic carbocycles. The van der Waals surface area contributed by atoms with Crippen LogP contribution in [0.4, 0.5) is 5.69 Å². The predicted molar refractivity (Wildman–Crippen MR) is 144 cm³/mol. The van der Waals surface area contributed by atoms with Crippen molar-refractivity contribution in [3.63, 3.8) is 0 Å². The van der Waals surface area contributed by atoms with Gasteiger partial charge in [0, 0.05) is 31.6 Å². The lowest BCUT2D eigenvalue weighted by Crippen LogP contribution is -2.44. The normalized spacial score (nSPS) is 14.1. The van der Waals surface area contributed by atoms with Crippen LogP contribution in [-0.4, -0.2) is 32.1 Å². The summed E-state index contributed by atoms with van der Waals surface area (Å²) in [4.78, 5) is 15.6. The fourth-order valence-corrected chi connectivity index (χ4v) is 5.46. The lowest BCUT2D eigenvalue weighted by molar-refractivity contribution is 0.1000. The Morgan fingerprint density at radius 3 is 2.26 bits per heavy atom. The number of carbonyl (C=O) groups is 1. The van der Waals surface area contributed by atoms with Crippen LogP contribution >= 0.6 is 0 Å². The van der Waals surface area contributed by atoms with Gasteiger partial charge in [0.2, 0.25) is 0 Å². The molecule has 1 fully saturated rings. The SMILES string of the molecule is CCCCc1c(C(N)=O)c(N2CCNCC2)c2cc3ccccc3cc2c1-c1ccccc1C. The minimum atomic E-state index is -0.329. The summed E-state index contributed by atoms with van der Waals surface area (Å²) in [6.45, 7) is 7.87. The highest BCUT2D eigenvalue weighted by molar-refractivity contribution is 6.18. The highest BCUT2D eigenvalue weighted by Gasteiger charge is 2.27. The number of carbonyl (C=O) groups excluding carboxylic acids is 1. The van der Waals surface area contributed by atoms with E-state index in [0.29, 0.717) is 5.56 Å². The quantitative estimate of drug-likeness (QED) is 0.363. The van der Waals surface area contributed by atoms with E-state index in [1.165, 1.54) is 32.8 Å². The number of hydrogen-bond acceptors (Lipinski definition) is 3. The van der Waals surface area contributed by atoms with Crippen LogP contribution in [0.15, 0.2) is 60.7 Å². The van der Waals surface area contributed by atoms with Crippen molar-refractivity contribution < 1.29 is 4.79 Å². The van der Waals surface area contributed by atoms with Crippen molar-refractivity contribution >= 4 is 33.1 Å². The van der Waals surface area contributed by atoms with Gasteiger partial charge < -0.3 is 16.0 Å². The fraction of sp³-hybridized carbons (Fsp3) is 0.300. The maximum Gasteiger partial charge on any atom is 0.251 e. The lowest BCUT2D eigenvalue weighted by atomic mass is 9.83. The topological polar surface area (TPSA) is 58.4 Å². The van der Waals surface area contributed by atoms with Crippen LogP contribution in [0.3, 0.4) is 0 Å². The predicted octanol–water partition coefficient (Wildman–Crippen LogP) is 5.82. The molecule has 0 unspecified atom stereocenters. The molecule has 0 bridgehead atoms. The van der Waals surface area contributed by atoms with Crippen LogP contribution in [0, 0.1) is 6.92 Å². The van der Waals surface area contributed by atoms with Crippen LogP contribution in [0.2, 0.25) is 0 Å². The highest BCUT2D eigenvalue weighted by Crippen LogP contribution is 2.44. The van der Waals surface area contributed by atoms with Crippen LogP contribution in [-0.2, 0) is 6.42 Å². The zero-order valence-electron chi connectivity index (χ0n) is 20.2. The van der Waals surface area contributed by atoms with Gasteiger partial charge in [0.15, 0.2) is 0 Å². The molecule has 1 aliphatic rings. The molecule has 34 heavy (non-hydrogen) atoms. The second kappa shape index (κ2) is 9.47. The first-order chi connectivity index (χ1) is 16.6. The van der Waals surface area contributed by atoms with E-state index in [2.05, 4.69) is 84.7 Å². The Morgan fingerprint density at radius 2 is 1.62 bits per heavy atom. The van der Waals surface area contributed by atoms with Crippen molar-refractivity contribution in [3.8, 4) is 11.1 Å². The van der Waals surface area contributed by atoms with Crippen molar-refractivity contribution in [1.82, 2.24) is 5.32 Å². The molecule has 4 nitrogen and oxygen atoms in total. The molecule has 1 aliphatic heterocycles. The van der Waals surface area contributed by atoms with Gasteiger partial charge in [0.1, 0.15) is 0 Å². The molecule has 1 amide bonds. The maximum atomic E-state index is 13.2. The number of aryl methyl sites for hydroxylation is 1. The van der Waals surface area contributed by atoms with E-state index < -0.39 is 0 Å². The van der Waals surface area contributed by atoms with Crippen molar-refractivity contribution in [2.45, 2.75) is 33.1 Å². The number of benzene rings is 4. The van der Waals surface area contributed by atoms with E-state index in [1.54, 1.807) is 0 Å². The molecule has 4 aromatic carbocycles. The molecular formula is C30H33N3O. The Labute approximate surface area is 201 Å². The number of unbranched alkanes of at least 4 members (excludes halogenated alkanes) is 1. The summed E-state index contributed by atoms with van der Waals surface area (Å²) in [6, 6.07) is 21.6. The van der Waals surface area contributed by atoms with E-state index in [-0.39, 0.29) is 5.91 Å². The zero-order valence-corrected chi connectivity index (χ0v) is 20.2. The van der Waals surface area contributed by atoms with E-state index in [0.717, 1.165) is 62.1 Å². The Bertz CT molecular complexity index is 1370. The summed E-state index contributed by atoms with van der Waals surface area (Å²) in [5.74, 6) is -0.329. The van der Waals surface area contributed by atoms with Gasteiger partial charge in [-0.05, 0) is 70.3 Å². The highest BCUT2D eigenvalue weighted by atomic mass is 16.1. The zero-order chi connectivity index (χ0) is 23.7. The van der Waals surface area contributed by atoms with Crippen LogP contribution in [0.5, 0.6) is 0 Å². The van der Waals surface area contributed by atoms with Crippen molar-refractivity contribution in [2.24, 2.45) is 5.73 Å². The maximum absolute atomic E-state index is 13.2. The van der Waals surface area contributed by atoms with Gasteiger partial charge in [-0.15, -0.1) is 0 Å². The number of piperazine rings is 1. The van der Waals surface area contributed by atoms with Crippen molar-refractivity contribution in [2.75, 3.05) is 31.1 Å². The number of nitrogens with two attached hydrogens (primary N) is 1. The van der Waals surface area contributed by atoms with Gasteiger partial charge in [-0.1, -0.05) is 61.9 Å². The van der Waals surface area contributed by atoms with E-state index in [4.69, 9.17) is 5.73 Å². The Hall–Kier alpha value is -3.37. The number of rotatable bonds is 6. The number of fused-ring (bicyclic) bond motifs is 2. The first-order valence-corrected chi connectivity index (χ1v) is 12.4. The van der Waals surface area contributed by atoms with Gasteiger partial charge in [-0.3, -0.25) is 4.79 Å². The number of nitrogens with zero attached hydrogens (tertiary/aromatic N) is 1. The molecule has 0 spiro atoms. The number of primary amides is 1. The van der Waals surface area contributed by atoms with Crippen molar-refractivity contribution in [3.05, 3.63) is 77.4 Å². The van der Waals surface area contributed by atoms with Gasteiger partial charge >= 0.3 is 0 Å². The summed E-state index contributed by atoms with van der Waals surface area (Å²) in [7, 11) is 0. The average Bonchev–Trinajstić information content (AvgIpc) is 2.86. The summed E-state index contributed by atoms with van der Waals surface area (Å²) < 4.78 is 0. The smallest absolute Gasteiger partial charge is 0.251 e. The number of anilines is 1. The van der Waals surface area contributed by atoms with Crippen LogP contribution in [0.25, 0.3) is 32.7 Å². The van der Waals surface area contributed by atoms with Gasteiger partial charge in [-0.25, -0.2) is 0 Å². The van der Waals surface area contributed by atoms with Crippen molar-refractivity contribution in [1.29, 1.82) is 0 Å². The Balaban J connectivity index is 1.98. The van der Waals surface area contributed by atoms with Gasteiger partial charge in [0.25, 0.3) is 5.91 Å². The molecule has 0 saturated carbocycles. The third kappa shape index (κ3) is 3.92. The first kappa shape index (κ1) is 22.4. The first-order valence-electron chi connectivity index (χ1n) is 12.4. The molecule has 1 heterocycles. The fourth-order valence-electron chi connectivity index (χ4n) is 5.46. The summed E-state index contributed by atoms with van der Waals surface area (Å²) in [6.07, 6.45) is 2.91. The van der Waals surface area contributed by atoms with E-state index >= 15 is 0 Å². The van der Waals surface area contributed by atoms with Gasteiger partial charge in [0.05, 0.1) is 11.3 Å².